The molecule has 20 heavy (non-hydrogen) atoms. The van der Waals surface area contributed by atoms with Crippen LogP contribution in [-0.4, -0.2) is 49.6 Å². The molecule has 1 heterocycles. The van der Waals surface area contributed by atoms with Crippen LogP contribution in [0, 0.1) is 11.3 Å². The van der Waals surface area contributed by atoms with Gasteiger partial charge in [0.15, 0.2) is 0 Å². The van der Waals surface area contributed by atoms with Crippen LogP contribution in [0.3, 0.4) is 0 Å². The molecule has 0 aliphatic carbocycles. The second-order valence-corrected chi connectivity index (χ2v) is 6.85. The maximum absolute atomic E-state index is 12.1. The van der Waals surface area contributed by atoms with Gasteiger partial charge >= 0.3 is 5.97 Å². The largest absolute Gasteiger partial charge is 0.469 e. The zero-order valence-corrected chi connectivity index (χ0v) is 13.4. The van der Waals surface area contributed by atoms with E-state index >= 15 is 0 Å². The Balaban J connectivity index is 2.49. The van der Waals surface area contributed by atoms with Crippen molar-refractivity contribution in [2.24, 2.45) is 11.3 Å². The highest BCUT2D eigenvalue weighted by Crippen LogP contribution is 2.19. The number of amides is 1. The Hall–Kier alpha value is -1.10. The Morgan fingerprint density at radius 3 is 2.50 bits per heavy atom. The number of nitrogens with one attached hydrogen (secondary N) is 1. The average molecular weight is 284 g/mol. The predicted octanol–water partition coefficient (Wildman–Crippen LogP) is 1.42. The standard InChI is InChI=1S/C15H28N2O3/c1-11-8-12(16-14(19)15(2,3)4)10-17(9-11)7-6-13(18)20-5/h11-12H,6-10H2,1-5H3,(H,16,19). The molecule has 0 radical (unpaired) electrons. The lowest BCUT2D eigenvalue weighted by atomic mass is 9.92. The average Bonchev–Trinajstić information content (AvgIpc) is 2.34. The Labute approximate surface area is 122 Å². The molecule has 0 spiro atoms. The van der Waals surface area contributed by atoms with E-state index in [1.165, 1.54) is 7.11 Å². The fraction of sp³-hybridized carbons (Fsp3) is 0.867. The first-order valence-electron chi connectivity index (χ1n) is 7.32. The first-order chi connectivity index (χ1) is 9.22. The number of hydrogen-bond donors (Lipinski definition) is 1. The topological polar surface area (TPSA) is 58.6 Å². The molecule has 0 saturated carbocycles. The molecule has 1 aliphatic rings. The number of methoxy groups -OCH3 is 1. The van der Waals surface area contributed by atoms with Crippen molar-refractivity contribution in [1.82, 2.24) is 10.2 Å². The number of carbonyl (C=O) groups excluding carboxylic acids is 2. The zero-order chi connectivity index (χ0) is 15.3. The molecule has 1 amide bonds. The second kappa shape index (κ2) is 7.07. The number of ether oxygens (including phenoxy) is 1. The lowest BCUT2D eigenvalue weighted by molar-refractivity contribution is -0.141. The fourth-order valence-corrected chi connectivity index (χ4v) is 2.50. The Kier molecular flexibility index (Phi) is 5.99. The third kappa shape index (κ3) is 5.49. The predicted molar refractivity (Wildman–Crippen MR) is 78.2 cm³/mol. The first kappa shape index (κ1) is 17.0. The van der Waals surface area contributed by atoms with Crippen LogP contribution in [0.1, 0.15) is 40.5 Å². The van der Waals surface area contributed by atoms with Gasteiger partial charge in [0.05, 0.1) is 13.5 Å². The molecule has 1 aliphatic heterocycles. The summed E-state index contributed by atoms with van der Waals surface area (Å²) < 4.78 is 4.67. The summed E-state index contributed by atoms with van der Waals surface area (Å²) in [7, 11) is 1.41. The summed E-state index contributed by atoms with van der Waals surface area (Å²) in [6, 6.07) is 0.170. The van der Waals surface area contributed by atoms with Crippen molar-refractivity contribution >= 4 is 11.9 Å². The van der Waals surface area contributed by atoms with E-state index in [9.17, 15) is 9.59 Å². The van der Waals surface area contributed by atoms with E-state index in [2.05, 4.69) is 21.9 Å². The Morgan fingerprint density at radius 2 is 1.95 bits per heavy atom. The molecule has 1 rings (SSSR count). The lowest BCUT2D eigenvalue weighted by Gasteiger charge is -2.37. The van der Waals surface area contributed by atoms with E-state index in [1.807, 2.05) is 20.8 Å². The van der Waals surface area contributed by atoms with Crippen LogP contribution in [0.4, 0.5) is 0 Å². The number of nitrogens with zero attached hydrogens (tertiary/aromatic N) is 1. The van der Waals surface area contributed by atoms with Gasteiger partial charge in [-0.15, -0.1) is 0 Å². The lowest BCUT2D eigenvalue weighted by Crippen LogP contribution is -2.52. The normalized spacial score (nSPS) is 24.2. The molecular formula is C15H28N2O3. The molecule has 2 unspecified atom stereocenters. The molecule has 0 bridgehead atoms. The summed E-state index contributed by atoms with van der Waals surface area (Å²) in [5, 5.41) is 3.12. The van der Waals surface area contributed by atoms with Crippen LogP contribution < -0.4 is 5.32 Å². The summed E-state index contributed by atoms with van der Waals surface area (Å²) in [4.78, 5) is 25.5. The number of esters is 1. The van der Waals surface area contributed by atoms with Crippen LogP contribution >= 0.6 is 0 Å². The maximum atomic E-state index is 12.1. The highest BCUT2D eigenvalue weighted by Gasteiger charge is 2.29. The van der Waals surface area contributed by atoms with E-state index in [-0.39, 0.29) is 23.3 Å². The van der Waals surface area contributed by atoms with Gasteiger partial charge in [0.25, 0.3) is 0 Å². The van der Waals surface area contributed by atoms with Crippen molar-refractivity contribution in [3.05, 3.63) is 0 Å². The molecule has 1 saturated heterocycles. The fourth-order valence-electron chi connectivity index (χ4n) is 2.50. The highest BCUT2D eigenvalue weighted by atomic mass is 16.5. The number of rotatable bonds is 4. The number of hydrogen-bond acceptors (Lipinski definition) is 4. The third-order valence-electron chi connectivity index (χ3n) is 3.61. The van der Waals surface area contributed by atoms with E-state index in [4.69, 9.17) is 0 Å². The molecule has 116 valence electrons. The van der Waals surface area contributed by atoms with Crippen LogP contribution in [-0.2, 0) is 14.3 Å². The van der Waals surface area contributed by atoms with Crippen LogP contribution in [0.2, 0.25) is 0 Å². The van der Waals surface area contributed by atoms with Gasteiger partial charge in [-0.2, -0.15) is 0 Å². The molecule has 1 N–H and O–H groups in total. The van der Waals surface area contributed by atoms with Crippen LogP contribution in [0.15, 0.2) is 0 Å². The van der Waals surface area contributed by atoms with Crippen molar-refractivity contribution in [3.8, 4) is 0 Å². The molecular weight excluding hydrogens is 256 g/mol. The Morgan fingerprint density at radius 1 is 1.30 bits per heavy atom. The van der Waals surface area contributed by atoms with Gasteiger partial charge in [0.1, 0.15) is 0 Å². The van der Waals surface area contributed by atoms with Crippen LogP contribution in [0.25, 0.3) is 0 Å². The quantitative estimate of drug-likeness (QED) is 0.793. The maximum Gasteiger partial charge on any atom is 0.306 e. The summed E-state index contributed by atoms with van der Waals surface area (Å²) in [5.41, 5.74) is -0.364. The van der Waals surface area contributed by atoms with Crippen molar-refractivity contribution in [2.75, 3.05) is 26.7 Å². The van der Waals surface area contributed by atoms with Crippen molar-refractivity contribution < 1.29 is 14.3 Å². The Bertz CT molecular complexity index is 350. The van der Waals surface area contributed by atoms with Crippen molar-refractivity contribution in [1.29, 1.82) is 0 Å². The van der Waals surface area contributed by atoms with Crippen molar-refractivity contribution in [2.45, 2.75) is 46.6 Å². The molecule has 2 atom stereocenters. The first-order valence-corrected chi connectivity index (χ1v) is 7.32. The van der Waals surface area contributed by atoms with Crippen LogP contribution in [0.5, 0.6) is 0 Å². The van der Waals surface area contributed by atoms with Gasteiger partial charge < -0.3 is 15.0 Å². The third-order valence-corrected chi connectivity index (χ3v) is 3.61. The molecule has 5 nitrogen and oxygen atoms in total. The summed E-state index contributed by atoms with van der Waals surface area (Å²) in [5.74, 6) is 0.426. The second-order valence-electron chi connectivity index (χ2n) is 6.85. The minimum atomic E-state index is -0.364. The highest BCUT2D eigenvalue weighted by molar-refractivity contribution is 5.81. The molecule has 0 aromatic carbocycles. The van der Waals surface area contributed by atoms with E-state index in [0.29, 0.717) is 18.9 Å². The molecule has 5 heteroatoms. The van der Waals surface area contributed by atoms with Gasteiger partial charge in [-0.1, -0.05) is 27.7 Å². The van der Waals surface area contributed by atoms with Gasteiger partial charge in [0.2, 0.25) is 5.91 Å². The monoisotopic (exact) mass is 284 g/mol. The van der Waals surface area contributed by atoms with Gasteiger partial charge in [-0.05, 0) is 12.3 Å². The smallest absolute Gasteiger partial charge is 0.306 e. The number of piperidine rings is 1. The van der Waals surface area contributed by atoms with E-state index < -0.39 is 0 Å². The van der Waals surface area contributed by atoms with Gasteiger partial charge in [-0.25, -0.2) is 0 Å². The van der Waals surface area contributed by atoms with Gasteiger partial charge in [0, 0.05) is 31.1 Å². The SMILES string of the molecule is COC(=O)CCN1CC(C)CC(NC(=O)C(C)(C)C)C1. The number of likely N-dealkylation sites (tertiary alicyclic amines) is 1. The van der Waals surface area contributed by atoms with E-state index in [0.717, 1.165) is 19.5 Å². The minimum Gasteiger partial charge on any atom is -0.469 e. The van der Waals surface area contributed by atoms with Gasteiger partial charge in [-0.3, -0.25) is 9.59 Å². The minimum absolute atomic E-state index is 0.0875. The van der Waals surface area contributed by atoms with E-state index in [1.54, 1.807) is 0 Å². The molecule has 1 fully saturated rings. The summed E-state index contributed by atoms with van der Waals surface area (Å²) in [6.45, 7) is 10.4. The van der Waals surface area contributed by atoms with Crippen molar-refractivity contribution in [3.63, 3.8) is 0 Å². The molecule has 0 aromatic heterocycles. The summed E-state index contributed by atoms with van der Waals surface area (Å²) >= 11 is 0. The summed E-state index contributed by atoms with van der Waals surface area (Å²) in [6.07, 6.45) is 1.40. The zero-order valence-electron chi connectivity index (χ0n) is 13.4. The molecule has 0 aromatic rings. The number of carbonyl (C=O) groups is 2.